The van der Waals surface area contributed by atoms with E-state index in [0.29, 0.717) is 5.95 Å². The van der Waals surface area contributed by atoms with E-state index in [-0.39, 0.29) is 0 Å². The molecule has 0 aliphatic heterocycles. The summed E-state index contributed by atoms with van der Waals surface area (Å²) < 4.78 is 2.23. The molecule has 49 heavy (non-hydrogen) atoms. The minimum absolute atomic E-state index is 0.649. The smallest absolute Gasteiger partial charge is 0.235 e. The van der Waals surface area contributed by atoms with E-state index in [1.807, 2.05) is 12.3 Å². The quantitative estimate of drug-likeness (QED) is 0.196. The fourth-order valence-electron chi connectivity index (χ4n) is 7.21. The molecule has 0 atom stereocenters. The molecule has 0 aliphatic rings. The Labute approximate surface area is 282 Å². The summed E-state index contributed by atoms with van der Waals surface area (Å²) in [6.07, 6.45) is 3.70. The molecule has 10 aromatic rings. The highest BCUT2D eigenvalue weighted by molar-refractivity contribution is 6.13. The van der Waals surface area contributed by atoms with E-state index in [1.54, 1.807) is 6.20 Å². The molecule has 3 aromatic heterocycles. The van der Waals surface area contributed by atoms with Crippen LogP contribution in [0.2, 0.25) is 0 Å². The molecule has 0 amide bonds. The Hall–Kier alpha value is -6.65. The van der Waals surface area contributed by atoms with Gasteiger partial charge in [-0.3, -0.25) is 9.55 Å². The summed E-state index contributed by atoms with van der Waals surface area (Å²) in [5.41, 5.74) is 9.47. The SMILES string of the molecule is c1cncc(-c2ccc(-c3nc(-n4c5ccccc5c5cc6ccccc6cc54)nc4cc(-c5ccc6ccccc6c5)ccc34)cc2)c1. The maximum atomic E-state index is 5.38. The third kappa shape index (κ3) is 4.57. The van der Waals surface area contributed by atoms with Gasteiger partial charge >= 0.3 is 0 Å². The zero-order valence-corrected chi connectivity index (χ0v) is 26.5. The Balaban J connectivity index is 1.23. The van der Waals surface area contributed by atoms with Crippen molar-refractivity contribution in [2.45, 2.75) is 0 Å². The van der Waals surface area contributed by atoms with Crippen molar-refractivity contribution in [3.05, 3.63) is 170 Å². The fourth-order valence-corrected chi connectivity index (χ4v) is 7.21. The van der Waals surface area contributed by atoms with Crippen LogP contribution in [0.5, 0.6) is 0 Å². The molecule has 0 unspecified atom stereocenters. The van der Waals surface area contributed by atoms with E-state index in [4.69, 9.17) is 9.97 Å². The van der Waals surface area contributed by atoms with Gasteiger partial charge in [-0.1, -0.05) is 115 Å². The van der Waals surface area contributed by atoms with E-state index >= 15 is 0 Å². The van der Waals surface area contributed by atoms with Crippen LogP contribution >= 0.6 is 0 Å². The van der Waals surface area contributed by atoms with Gasteiger partial charge < -0.3 is 0 Å². The fraction of sp³-hybridized carbons (Fsp3) is 0. The maximum Gasteiger partial charge on any atom is 0.235 e. The summed E-state index contributed by atoms with van der Waals surface area (Å²) >= 11 is 0. The highest BCUT2D eigenvalue weighted by Gasteiger charge is 2.18. The summed E-state index contributed by atoms with van der Waals surface area (Å²) in [4.78, 5) is 15.0. The van der Waals surface area contributed by atoms with Crippen molar-refractivity contribution in [3.63, 3.8) is 0 Å². The molecule has 4 heteroatoms. The van der Waals surface area contributed by atoms with E-state index in [1.165, 1.54) is 32.3 Å². The molecule has 4 nitrogen and oxygen atoms in total. The molecule has 228 valence electrons. The number of hydrogen-bond donors (Lipinski definition) is 0. The van der Waals surface area contributed by atoms with Gasteiger partial charge in [0.15, 0.2) is 0 Å². The van der Waals surface area contributed by atoms with E-state index in [0.717, 1.165) is 55.4 Å². The lowest BCUT2D eigenvalue weighted by atomic mass is 9.98. The molecule has 0 bridgehead atoms. The molecule has 0 fully saturated rings. The number of pyridine rings is 1. The van der Waals surface area contributed by atoms with Crippen LogP contribution in [0.25, 0.3) is 93.7 Å². The first-order valence-corrected chi connectivity index (χ1v) is 16.5. The van der Waals surface area contributed by atoms with Gasteiger partial charge in [-0.05, 0) is 86.3 Å². The molecule has 3 heterocycles. The molecule has 0 aliphatic carbocycles. The Morgan fingerprint density at radius 3 is 1.88 bits per heavy atom. The van der Waals surface area contributed by atoms with E-state index in [9.17, 15) is 0 Å². The van der Waals surface area contributed by atoms with Crippen LogP contribution in [0.4, 0.5) is 0 Å². The van der Waals surface area contributed by atoms with Gasteiger partial charge in [0.1, 0.15) is 0 Å². The number of benzene rings is 7. The van der Waals surface area contributed by atoms with Crippen LogP contribution in [-0.4, -0.2) is 19.5 Å². The first kappa shape index (κ1) is 27.5. The van der Waals surface area contributed by atoms with Crippen LogP contribution in [0.1, 0.15) is 0 Å². The summed E-state index contributed by atoms with van der Waals surface area (Å²) in [7, 11) is 0. The highest BCUT2D eigenvalue weighted by Crippen LogP contribution is 2.37. The lowest BCUT2D eigenvalue weighted by molar-refractivity contribution is 1.01. The van der Waals surface area contributed by atoms with Crippen molar-refractivity contribution in [1.82, 2.24) is 19.5 Å². The van der Waals surface area contributed by atoms with E-state index < -0.39 is 0 Å². The first-order valence-electron chi connectivity index (χ1n) is 16.5. The van der Waals surface area contributed by atoms with Crippen molar-refractivity contribution in [1.29, 1.82) is 0 Å². The van der Waals surface area contributed by atoms with Gasteiger partial charge in [0, 0.05) is 34.1 Å². The van der Waals surface area contributed by atoms with Crippen LogP contribution in [0.15, 0.2) is 170 Å². The zero-order valence-electron chi connectivity index (χ0n) is 26.5. The van der Waals surface area contributed by atoms with Crippen molar-refractivity contribution in [3.8, 4) is 39.5 Å². The molecule has 0 saturated heterocycles. The van der Waals surface area contributed by atoms with Gasteiger partial charge in [0.2, 0.25) is 5.95 Å². The number of aromatic nitrogens is 4. The predicted molar refractivity (Wildman–Crippen MR) is 203 cm³/mol. The summed E-state index contributed by atoms with van der Waals surface area (Å²) in [5, 5.41) is 8.22. The number of rotatable bonds is 4. The molecule has 7 aromatic carbocycles. The van der Waals surface area contributed by atoms with Gasteiger partial charge in [-0.25, -0.2) is 9.97 Å². The largest absolute Gasteiger partial charge is 0.278 e. The predicted octanol–water partition coefficient (Wildman–Crippen LogP) is 11.4. The number of para-hydroxylation sites is 1. The average molecular weight is 625 g/mol. The Bertz CT molecular complexity index is 2870. The monoisotopic (exact) mass is 624 g/mol. The molecular weight excluding hydrogens is 597 g/mol. The second kappa shape index (κ2) is 11.0. The molecule has 10 rings (SSSR count). The molecular formula is C45H28N4. The van der Waals surface area contributed by atoms with Crippen molar-refractivity contribution < 1.29 is 0 Å². The maximum absolute atomic E-state index is 5.38. The summed E-state index contributed by atoms with van der Waals surface area (Å²) in [6.45, 7) is 0. The average Bonchev–Trinajstić information content (AvgIpc) is 3.49. The second-order valence-electron chi connectivity index (χ2n) is 12.6. The summed E-state index contributed by atoms with van der Waals surface area (Å²) in [6, 6.07) is 56.0. The minimum Gasteiger partial charge on any atom is -0.278 e. The lowest BCUT2D eigenvalue weighted by Gasteiger charge is -2.13. The zero-order chi connectivity index (χ0) is 32.3. The molecule has 0 spiro atoms. The number of hydrogen-bond acceptors (Lipinski definition) is 3. The minimum atomic E-state index is 0.649. The molecule has 0 saturated carbocycles. The first-order chi connectivity index (χ1) is 24.3. The van der Waals surface area contributed by atoms with Crippen LogP contribution in [-0.2, 0) is 0 Å². The van der Waals surface area contributed by atoms with Crippen molar-refractivity contribution >= 4 is 54.3 Å². The topological polar surface area (TPSA) is 43.6 Å². The highest BCUT2D eigenvalue weighted by atomic mass is 15.2. The Morgan fingerprint density at radius 1 is 0.388 bits per heavy atom. The Kier molecular flexibility index (Phi) is 6.15. The van der Waals surface area contributed by atoms with Crippen molar-refractivity contribution in [2.75, 3.05) is 0 Å². The van der Waals surface area contributed by atoms with Gasteiger partial charge in [-0.2, -0.15) is 0 Å². The number of nitrogens with zero attached hydrogens (tertiary/aromatic N) is 4. The van der Waals surface area contributed by atoms with Crippen LogP contribution in [0, 0.1) is 0 Å². The lowest BCUT2D eigenvalue weighted by Crippen LogP contribution is -2.03. The van der Waals surface area contributed by atoms with Crippen LogP contribution < -0.4 is 0 Å². The Morgan fingerprint density at radius 2 is 1.06 bits per heavy atom. The molecule has 0 radical (unpaired) electrons. The van der Waals surface area contributed by atoms with Crippen molar-refractivity contribution in [2.24, 2.45) is 0 Å². The van der Waals surface area contributed by atoms with Gasteiger partial charge in [0.25, 0.3) is 0 Å². The van der Waals surface area contributed by atoms with E-state index in [2.05, 4.69) is 161 Å². The van der Waals surface area contributed by atoms with Gasteiger partial charge in [-0.15, -0.1) is 0 Å². The summed E-state index contributed by atoms with van der Waals surface area (Å²) in [5.74, 6) is 0.649. The van der Waals surface area contributed by atoms with Crippen LogP contribution in [0.3, 0.4) is 0 Å². The third-order valence-corrected chi connectivity index (χ3v) is 9.66. The standard InChI is InChI=1S/C45H28N4/c1-2-9-32-24-35(20-17-29(32)8-1)36-21-22-39-41(26-36)47-45(48-44(39)31-18-15-30(16-19-31)37-12-7-23-46-28-37)49-42-14-6-5-13-38(42)40-25-33-10-3-4-11-34(33)27-43(40)49/h1-28H. The van der Waals surface area contributed by atoms with Gasteiger partial charge in [0.05, 0.1) is 22.2 Å². The third-order valence-electron chi connectivity index (χ3n) is 9.66. The molecule has 0 N–H and O–H groups in total. The second-order valence-corrected chi connectivity index (χ2v) is 12.6. The normalized spacial score (nSPS) is 11.7. The number of fused-ring (bicyclic) bond motifs is 6.